The number of alkyl halides is 3. The van der Waals surface area contributed by atoms with Crippen LogP contribution in [0.2, 0.25) is 0 Å². The lowest BCUT2D eigenvalue weighted by Crippen LogP contribution is -2.14. The highest BCUT2D eigenvalue weighted by molar-refractivity contribution is 7.92. The number of hydrogen-bond acceptors (Lipinski definition) is 5. The van der Waals surface area contributed by atoms with E-state index in [1.165, 1.54) is 18.2 Å². The summed E-state index contributed by atoms with van der Waals surface area (Å²) in [6.45, 7) is 1.65. The van der Waals surface area contributed by atoms with Gasteiger partial charge in [-0.2, -0.15) is 13.2 Å². The smallest absolute Gasteiger partial charge is 0.279 e. The number of aryl methyl sites for hydroxylation is 1. The van der Waals surface area contributed by atoms with Gasteiger partial charge in [-0.3, -0.25) is 14.8 Å². The van der Waals surface area contributed by atoms with E-state index < -0.39 is 26.7 Å². The van der Waals surface area contributed by atoms with E-state index in [2.05, 4.69) is 9.71 Å². The summed E-state index contributed by atoms with van der Waals surface area (Å²) in [5, 5.41) is 10.7. The minimum Gasteiger partial charge on any atom is -0.279 e. The minimum atomic E-state index is -4.57. The molecule has 0 radical (unpaired) electrons. The first-order valence-corrected chi connectivity index (χ1v) is 9.87. The molecule has 0 saturated carbocycles. The highest BCUT2D eigenvalue weighted by atomic mass is 32.2. The standard InChI is InChI=1S/C19H14F3N3O4S/c1-12-2-3-13(17-9-6-15(11-23-17)25(26)27)10-18(12)24-30(28,29)16-7-4-14(5-8-16)19(20,21)22/h2-11,24H,1H3. The predicted molar refractivity (Wildman–Crippen MR) is 103 cm³/mol. The Morgan fingerprint density at radius 2 is 1.70 bits per heavy atom. The number of sulfonamides is 1. The molecule has 156 valence electrons. The van der Waals surface area contributed by atoms with Crippen molar-refractivity contribution in [2.45, 2.75) is 18.0 Å². The van der Waals surface area contributed by atoms with Crippen molar-refractivity contribution in [3.63, 3.8) is 0 Å². The topological polar surface area (TPSA) is 102 Å². The molecule has 2 aromatic carbocycles. The van der Waals surface area contributed by atoms with Crippen molar-refractivity contribution < 1.29 is 26.5 Å². The van der Waals surface area contributed by atoms with Gasteiger partial charge in [0.05, 0.1) is 26.8 Å². The van der Waals surface area contributed by atoms with Crippen molar-refractivity contribution in [2.75, 3.05) is 4.72 Å². The van der Waals surface area contributed by atoms with E-state index in [0.717, 1.165) is 18.3 Å². The van der Waals surface area contributed by atoms with Crippen molar-refractivity contribution >= 4 is 21.4 Å². The largest absolute Gasteiger partial charge is 0.416 e. The number of nitro groups is 1. The second-order valence-corrected chi connectivity index (χ2v) is 8.00. The Morgan fingerprint density at radius 1 is 1.03 bits per heavy atom. The van der Waals surface area contributed by atoms with Gasteiger partial charge in [0, 0.05) is 11.6 Å². The second-order valence-electron chi connectivity index (χ2n) is 6.32. The van der Waals surface area contributed by atoms with Crippen LogP contribution in [-0.2, 0) is 16.2 Å². The first kappa shape index (κ1) is 21.2. The van der Waals surface area contributed by atoms with Crippen LogP contribution in [0.3, 0.4) is 0 Å². The van der Waals surface area contributed by atoms with Crippen LogP contribution in [0.5, 0.6) is 0 Å². The number of nitrogens with zero attached hydrogens (tertiary/aromatic N) is 2. The first-order chi connectivity index (χ1) is 14.0. The third-order valence-corrected chi connectivity index (χ3v) is 5.61. The number of nitrogens with one attached hydrogen (secondary N) is 1. The average Bonchev–Trinajstić information content (AvgIpc) is 2.69. The Kier molecular flexibility index (Phi) is 5.49. The van der Waals surface area contributed by atoms with Crippen LogP contribution < -0.4 is 4.72 Å². The molecule has 1 heterocycles. The summed E-state index contributed by atoms with van der Waals surface area (Å²) in [6, 6.07) is 10.6. The molecule has 0 aliphatic rings. The van der Waals surface area contributed by atoms with Crippen molar-refractivity contribution in [2.24, 2.45) is 0 Å². The summed E-state index contributed by atoms with van der Waals surface area (Å²) in [7, 11) is -4.14. The van der Waals surface area contributed by atoms with Gasteiger partial charge in [0.2, 0.25) is 0 Å². The lowest BCUT2D eigenvalue weighted by atomic mass is 10.1. The highest BCUT2D eigenvalue weighted by Crippen LogP contribution is 2.31. The highest BCUT2D eigenvalue weighted by Gasteiger charge is 2.30. The normalized spacial score (nSPS) is 11.9. The van der Waals surface area contributed by atoms with Gasteiger partial charge in [-0.25, -0.2) is 13.4 Å². The van der Waals surface area contributed by atoms with Gasteiger partial charge < -0.3 is 0 Å². The maximum Gasteiger partial charge on any atom is 0.416 e. The molecular weight excluding hydrogens is 423 g/mol. The second kappa shape index (κ2) is 7.75. The molecule has 0 aliphatic carbocycles. The van der Waals surface area contributed by atoms with Gasteiger partial charge in [-0.15, -0.1) is 0 Å². The van der Waals surface area contributed by atoms with Gasteiger partial charge in [0.15, 0.2) is 0 Å². The molecule has 7 nitrogen and oxygen atoms in total. The summed E-state index contributed by atoms with van der Waals surface area (Å²) in [5.41, 5.74) is 0.512. The fraction of sp³-hybridized carbons (Fsp3) is 0.105. The van der Waals surface area contributed by atoms with Crippen LogP contribution in [0, 0.1) is 17.0 Å². The van der Waals surface area contributed by atoms with E-state index in [-0.39, 0.29) is 16.3 Å². The average molecular weight is 437 g/mol. The van der Waals surface area contributed by atoms with Crippen molar-refractivity contribution in [3.8, 4) is 11.3 Å². The number of halogens is 3. The van der Waals surface area contributed by atoms with E-state index in [1.54, 1.807) is 19.1 Å². The SMILES string of the molecule is Cc1ccc(-c2ccc([N+](=O)[O-])cn2)cc1NS(=O)(=O)c1ccc(C(F)(F)F)cc1. The lowest BCUT2D eigenvalue weighted by molar-refractivity contribution is -0.385. The molecular formula is C19H14F3N3O4S. The molecule has 0 spiro atoms. The number of aromatic nitrogens is 1. The van der Waals surface area contributed by atoms with E-state index in [1.807, 2.05) is 0 Å². The van der Waals surface area contributed by atoms with Gasteiger partial charge in [-0.1, -0.05) is 12.1 Å². The molecule has 0 unspecified atom stereocenters. The fourth-order valence-corrected chi connectivity index (χ4v) is 3.70. The Morgan fingerprint density at radius 3 is 2.23 bits per heavy atom. The molecule has 11 heteroatoms. The van der Waals surface area contributed by atoms with Crippen LogP contribution in [-0.4, -0.2) is 18.3 Å². The van der Waals surface area contributed by atoms with E-state index >= 15 is 0 Å². The summed E-state index contributed by atoms with van der Waals surface area (Å²) in [5.74, 6) is 0. The number of hydrogen-bond donors (Lipinski definition) is 1. The molecule has 1 N–H and O–H groups in total. The Hall–Kier alpha value is -3.47. The van der Waals surface area contributed by atoms with Gasteiger partial charge >= 0.3 is 6.18 Å². The van der Waals surface area contributed by atoms with Crippen molar-refractivity contribution in [1.29, 1.82) is 0 Å². The zero-order chi connectivity index (χ0) is 22.1. The molecule has 0 atom stereocenters. The van der Waals surface area contributed by atoms with Crippen LogP contribution >= 0.6 is 0 Å². The molecule has 0 saturated heterocycles. The monoisotopic (exact) mass is 437 g/mol. The molecule has 3 rings (SSSR count). The third kappa shape index (κ3) is 4.57. The number of anilines is 1. The summed E-state index contributed by atoms with van der Waals surface area (Å²) in [6.07, 6.45) is -3.49. The van der Waals surface area contributed by atoms with Gasteiger partial charge in [0.1, 0.15) is 6.20 Å². The maximum absolute atomic E-state index is 12.7. The van der Waals surface area contributed by atoms with Gasteiger partial charge in [0.25, 0.3) is 15.7 Å². The molecule has 1 aromatic heterocycles. The Balaban J connectivity index is 1.90. The van der Waals surface area contributed by atoms with Crippen LogP contribution in [0.15, 0.2) is 65.7 Å². The molecule has 0 aliphatic heterocycles. The number of pyridine rings is 1. The van der Waals surface area contributed by atoms with Crippen LogP contribution in [0.25, 0.3) is 11.3 Å². The molecule has 0 amide bonds. The molecule has 0 bridgehead atoms. The Bertz CT molecular complexity index is 1190. The third-order valence-electron chi connectivity index (χ3n) is 4.23. The quantitative estimate of drug-likeness (QED) is 0.457. The Labute approximate surface area is 169 Å². The molecule has 0 fully saturated rings. The van der Waals surface area contributed by atoms with Gasteiger partial charge in [-0.05, 0) is 48.9 Å². The van der Waals surface area contributed by atoms with Crippen LogP contribution in [0.4, 0.5) is 24.5 Å². The lowest BCUT2D eigenvalue weighted by Gasteiger charge is -2.13. The molecule has 30 heavy (non-hydrogen) atoms. The summed E-state index contributed by atoms with van der Waals surface area (Å²) >= 11 is 0. The molecule has 3 aromatic rings. The van der Waals surface area contributed by atoms with Crippen LogP contribution in [0.1, 0.15) is 11.1 Å². The summed E-state index contributed by atoms with van der Waals surface area (Å²) < 4.78 is 65.6. The zero-order valence-corrected chi connectivity index (χ0v) is 16.2. The van der Waals surface area contributed by atoms with Crippen molar-refractivity contribution in [1.82, 2.24) is 4.98 Å². The maximum atomic E-state index is 12.7. The zero-order valence-electron chi connectivity index (χ0n) is 15.3. The van der Waals surface area contributed by atoms with E-state index in [9.17, 15) is 31.7 Å². The van der Waals surface area contributed by atoms with E-state index in [0.29, 0.717) is 29.0 Å². The van der Waals surface area contributed by atoms with Crippen molar-refractivity contribution in [3.05, 3.63) is 82.0 Å². The summed E-state index contributed by atoms with van der Waals surface area (Å²) in [4.78, 5) is 13.8. The fourth-order valence-electron chi connectivity index (χ4n) is 2.58. The number of benzene rings is 2. The predicted octanol–water partition coefficient (Wildman–Crippen LogP) is 4.78. The number of rotatable bonds is 5. The first-order valence-electron chi connectivity index (χ1n) is 8.39. The van der Waals surface area contributed by atoms with E-state index in [4.69, 9.17) is 0 Å². The minimum absolute atomic E-state index is 0.186.